The number of aromatic nitrogens is 1. The Morgan fingerprint density at radius 1 is 1.31 bits per heavy atom. The summed E-state index contributed by atoms with van der Waals surface area (Å²) in [6.45, 7) is 1.11. The highest BCUT2D eigenvalue weighted by Gasteiger charge is 2.13. The van der Waals surface area contributed by atoms with E-state index in [2.05, 4.69) is 11.2 Å². The highest BCUT2D eigenvalue weighted by Crippen LogP contribution is 2.21. The van der Waals surface area contributed by atoms with Crippen LogP contribution < -0.4 is 11.5 Å². The second-order valence-electron chi connectivity index (χ2n) is 3.95. The summed E-state index contributed by atoms with van der Waals surface area (Å²) in [5.41, 5.74) is 13.8. The number of nitrogens with zero attached hydrogens (tertiary/aromatic N) is 2. The Morgan fingerprint density at radius 3 is 2.31 bits per heavy atom. The van der Waals surface area contributed by atoms with Crippen molar-refractivity contribution < 1.29 is 0 Å². The molecule has 1 heterocycles. The minimum absolute atomic E-state index is 0.185. The van der Waals surface area contributed by atoms with Crippen LogP contribution in [-0.2, 0) is 0 Å². The zero-order valence-electron chi connectivity index (χ0n) is 9.93. The number of nitrogens with two attached hydrogens (primary N) is 2. The van der Waals surface area contributed by atoms with E-state index >= 15 is 0 Å². The summed E-state index contributed by atoms with van der Waals surface area (Å²) >= 11 is 0. The summed E-state index contributed by atoms with van der Waals surface area (Å²) in [4.78, 5) is 6.02. The average molecular weight is 220 g/mol. The topological polar surface area (TPSA) is 68.2 Å². The molecule has 0 saturated carbocycles. The maximum absolute atomic E-state index is 5.74. The van der Waals surface area contributed by atoms with Gasteiger partial charge in [-0.3, -0.25) is 4.98 Å². The van der Waals surface area contributed by atoms with Crippen molar-refractivity contribution in [2.24, 2.45) is 17.4 Å². The standard InChI is InChI=1S/C12H20N4/c1-16(2)9-12(11(7-13)8-14)10-3-5-15-6-4-10/h3-6,9,11H,7-8,13-14H2,1-2H3/b12-9+. The molecule has 0 aliphatic carbocycles. The normalized spacial score (nSPS) is 11.9. The first kappa shape index (κ1) is 12.7. The Hall–Kier alpha value is -1.39. The third-order valence-electron chi connectivity index (χ3n) is 2.42. The van der Waals surface area contributed by atoms with Crippen LogP contribution in [0.4, 0.5) is 0 Å². The molecule has 0 radical (unpaired) electrons. The van der Waals surface area contributed by atoms with Gasteiger partial charge in [0.15, 0.2) is 0 Å². The number of hydrogen-bond acceptors (Lipinski definition) is 4. The van der Waals surface area contributed by atoms with Gasteiger partial charge in [-0.2, -0.15) is 0 Å². The second-order valence-corrected chi connectivity index (χ2v) is 3.95. The first-order chi connectivity index (χ1) is 7.69. The third kappa shape index (κ3) is 3.32. The lowest BCUT2D eigenvalue weighted by molar-refractivity contribution is 0.556. The first-order valence-corrected chi connectivity index (χ1v) is 5.37. The van der Waals surface area contributed by atoms with Gasteiger partial charge in [-0.05, 0) is 23.3 Å². The minimum atomic E-state index is 0.185. The fourth-order valence-electron chi connectivity index (χ4n) is 1.59. The van der Waals surface area contributed by atoms with Crippen molar-refractivity contribution in [2.45, 2.75) is 0 Å². The van der Waals surface area contributed by atoms with Gasteiger partial charge < -0.3 is 16.4 Å². The van der Waals surface area contributed by atoms with Crippen LogP contribution in [-0.4, -0.2) is 37.1 Å². The van der Waals surface area contributed by atoms with Gasteiger partial charge in [0.1, 0.15) is 0 Å². The molecule has 0 aliphatic rings. The Labute approximate surface area is 97.0 Å². The second kappa shape index (κ2) is 6.25. The summed E-state index contributed by atoms with van der Waals surface area (Å²) in [6, 6.07) is 3.96. The van der Waals surface area contributed by atoms with Crippen LogP contribution in [0, 0.1) is 5.92 Å². The molecule has 0 unspecified atom stereocenters. The van der Waals surface area contributed by atoms with Crippen LogP contribution in [0.1, 0.15) is 5.56 Å². The van der Waals surface area contributed by atoms with Crippen LogP contribution in [0.3, 0.4) is 0 Å². The van der Waals surface area contributed by atoms with Gasteiger partial charge in [-0.25, -0.2) is 0 Å². The van der Waals surface area contributed by atoms with Crippen molar-refractivity contribution in [1.29, 1.82) is 0 Å². The molecular weight excluding hydrogens is 200 g/mol. The predicted molar refractivity (Wildman–Crippen MR) is 67.5 cm³/mol. The van der Waals surface area contributed by atoms with E-state index in [-0.39, 0.29) is 5.92 Å². The molecule has 0 aliphatic heterocycles. The number of pyridine rings is 1. The Bertz CT molecular complexity index is 328. The van der Waals surface area contributed by atoms with Crippen LogP contribution in [0.2, 0.25) is 0 Å². The van der Waals surface area contributed by atoms with Crippen LogP contribution >= 0.6 is 0 Å². The van der Waals surface area contributed by atoms with E-state index in [9.17, 15) is 0 Å². The predicted octanol–water partition coefficient (Wildman–Crippen LogP) is 0.518. The molecule has 0 bridgehead atoms. The van der Waals surface area contributed by atoms with Crippen molar-refractivity contribution in [3.8, 4) is 0 Å². The number of rotatable bonds is 5. The molecule has 0 spiro atoms. The van der Waals surface area contributed by atoms with Gasteiger partial charge >= 0.3 is 0 Å². The molecule has 4 heteroatoms. The van der Waals surface area contributed by atoms with Gasteiger partial charge in [-0.1, -0.05) is 0 Å². The molecule has 0 atom stereocenters. The SMILES string of the molecule is CN(C)/C=C(\c1ccncc1)C(CN)CN. The molecule has 4 nitrogen and oxygen atoms in total. The van der Waals surface area contributed by atoms with Crippen molar-refractivity contribution in [1.82, 2.24) is 9.88 Å². The van der Waals surface area contributed by atoms with Gasteiger partial charge in [0.05, 0.1) is 0 Å². The van der Waals surface area contributed by atoms with Gasteiger partial charge in [0, 0.05) is 51.7 Å². The fraction of sp³-hybridized carbons (Fsp3) is 0.417. The largest absolute Gasteiger partial charge is 0.383 e. The van der Waals surface area contributed by atoms with Gasteiger partial charge in [0.2, 0.25) is 0 Å². The summed E-state index contributed by atoms with van der Waals surface area (Å²) in [5, 5.41) is 0. The molecule has 0 amide bonds. The van der Waals surface area contributed by atoms with E-state index in [1.165, 1.54) is 0 Å². The highest BCUT2D eigenvalue weighted by atomic mass is 15.0. The lowest BCUT2D eigenvalue weighted by Crippen LogP contribution is -2.25. The van der Waals surface area contributed by atoms with E-state index in [1.807, 2.05) is 31.1 Å². The zero-order chi connectivity index (χ0) is 12.0. The zero-order valence-corrected chi connectivity index (χ0v) is 9.93. The minimum Gasteiger partial charge on any atom is -0.383 e. The van der Waals surface area contributed by atoms with Crippen molar-refractivity contribution in [3.05, 3.63) is 36.3 Å². The summed E-state index contributed by atoms with van der Waals surface area (Å²) in [7, 11) is 3.98. The molecular formula is C12H20N4. The summed E-state index contributed by atoms with van der Waals surface area (Å²) in [6.07, 6.45) is 5.63. The Kier molecular flexibility index (Phi) is 4.95. The Morgan fingerprint density at radius 2 is 1.88 bits per heavy atom. The third-order valence-corrected chi connectivity index (χ3v) is 2.42. The molecule has 0 aromatic carbocycles. The fourth-order valence-corrected chi connectivity index (χ4v) is 1.59. The average Bonchev–Trinajstić information content (AvgIpc) is 2.30. The maximum Gasteiger partial charge on any atom is 0.0273 e. The van der Waals surface area contributed by atoms with Crippen molar-refractivity contribution in [2.75, 3.05) is 27.2 Å². The molecule has 0 saturated heterocycles. The van der Waals surface area contributed by atoms with E-state index < -0.39 is 0 Å². The first-order valence-electron chi connectivity index (χ1n) is 5.37. The molecule has 1 aromatic heterocycles. The van der Waals surface area contributed by atoms with Crippen LogP contribution in [0.15, 0.2) is 30.7 Å². The molecule has 0 fully saturated rings. The van der Waals surface area contributed by atoms with Crippen molar-refractivity contribution >= 4 is 5.57 Å². The molecule has 1 rings (SSSR count). The van der Waals surface area contributed by atoms with Crippen LogP contribution in [0.5, 0.6) is 0 Å². The lowest BCUT2D eigenvalue weighted by Gasteiger charge is -2.19. The highest BCUT2D eigenvalue weighted by molar-refractivity contribution is 5.67. The molecule has 16 heavy (non-hydrogen) atoms. The molecule has 4 N–H and O–H groups in total. The Balaban J connectivity index is 3.06. The van der Waals surface area contributed by atoms with E-state index in [0.29, 0.717) is 13.1 Å². The summed E-state index contributed by atoms with van der Waals surface area (Å²) < 4.78 is 0. The lowest BCUT2D eigenvalue weighted by atomic mass is 9.94. The van der Waals surface area contributed by atoms with Crippen molar-refractivity contribution in [3.63, 3.8) is 0 Å². The van der Waals surface area contributed by atoms with E-state index in [0.717, 1.165) is 11.1 Å². The van der Waals surface area contributed by atoms with E-state index in [1.54, 1.807) is 12.4 Å². The molecule has 1 aromatic rings. The van der Waals surface area contributed by atoms with E-state index in [4.69, 9.17) is 11.5 Å². The number of hydrogen-bond donors (Lipinski definition) is 2. The quantitative estimate of drug-likeness (QED) is 0.759. The van der Waals surface area contributed by atoms with Crippen LogP contribution in [0.25, 0.3) is 5.57 Å². The molecule has 88 valence electrons. The maximum atomic E-state index is 5.74. The summed E-state index contributed by atoms with van der Waals surface area (Å²) in [5.74, 6) is 0.185. The van der Waals surface area contributed by atoms with Gasteiger partial charge in [0.25, 0.3) is 0 Å². The van der Waals surface area contributed by atoms with Gasteiger partial charge in [-0.15, -0.1) is 0 Å². The monoisotopic (exact) mass is 220 g/mol. The smallest absolute Gasteiger partial charge is 0.0273 e.